The second-order valence-corrected chi connectivity index (χ2v) is 11.7. The molecule has 0 saturated heterocycles. The Morgan fingerprint density at radius 1 is 0.391 bits per heavy atom. The van der Waals surface area contributed by atoms with Gasteiger partial charge < -0.3 is 9.13 Å². The Morgan fingerprint density at radius 3 is 1.54 bits per heavy atom. The van der Waals surface area contributed by atoms with Gasteiger partial charge in [0.05, 0.1) is 39.4 Å². The first kappa shape index (κ1) is 26.1. The molecule has 0 bridgehead atoms. The van der Waals surface area contributed by atoms with Gasteiger partial charge in [-0.2, -0.15) is 5.26 Å². The van der Waals surface area contributed by atoms with Crippen LogP contribution < -0.4 is 0 Å². The van der Waals surface area contributed by atoms with Crippen molar-refractivity contribution in [2.75, 3.05) is 0 Å². The predicted molar refractivity (Wildman–Crippen MR) is 191 cm³/mol. The average Bonchev–Trinajstić information content (AvgIpc) is 3.64. The van der Waals surface area contributed by atoms with Crippen molar-refractivity contribution in [1.82, 2.24) is 9.13 Å². The summed E-state index contributed by atoms with van der Waals surface area (Å²) in [5.74, 6) is 0. The molecular formula is C43H27N3. The van der Waals surface area contributed by atoms with E-state index in [0.29, 0.717) is 5.56 Å². The summed E-state index contributed by atoms with van der Waals surface area (Å²) in [6.45, 7) is 0. The fourth-order valence-corrected chi connectivity index (χ4v) is 7.07. The first-order chi connectivity index (χ1) is 22.8. The van der Waals surface area contributed by atoms with Gasteiger partial charge in [0.15, 0.2) is 0 Å². The molecule has 9 aromatic rings. The molecule has 0 unspecified atom stereocenters. The van der Waals surface area contributed by atoms with Gasteiger partial charge in [-0.05, 0) is 83.4 Å². The van der Waals surface area contributed by atoms with Crippen LogP contribution in [-0.4, -0.2) is 9.13 Å². The Morgan fingerprint density at radius 2 is 0.913 bits per heavy atom. The SMILES string of the molecule is N#Cc1ccc(-n2c3ccccc3c3cc(-c4ccc5c(c4)c4ccccc4n5-c4ccccc4)ccc32)c(-c2ccccc2)c1. The third kappa shape index (κ3) is 3.98. The van der Waals surface area contributed by atoms with Crippen molar-refractivity contribution in [3.63, 3.8) is 0 Å². The summed E-state index contributed by atoms with van der Waals surface area (Å²) in [4.78, 5) is 0. The molecule has 0 spiro atoms. The normalized spacial score (nSPS) is 11.5. The number of rotatable bonds is 4. The first-order valence-electron chi connectivity index (χ1n) is 15.5. The van der Waals surface area contributed by atoms with Crippen molar-refractivity contribution in [2.45, 2.75) is 0 Å². The Hall–Kier alpha value is -6.37. The lowest BCUT2D eigenvalue weighted by Crippen LogP contribution is -1.98. The van der Waals surface area contributed by atoms with Crippen LogP contribution in [0.25, 0.3) is 77.2 Å². The largest absolute Gasteiger partial charge is 0.309 e. The smallest absolute Gasteiger partial charge is 0.0991 e. The number of hydrogen-bond donors (Lipinski definition) is 0. The zero-order chi connectivity index (χ0) is 30.6. The van der Waals surface area contributed by atoms with Crippen molar-refractivity contribution >= 4 is 43.6 Å². The number of nitrogens with zero attached hydrogens (tertiary/aromatic N) is 3. The zero-order valence-corrected chi connectivity index (χ0v) is 24.9. The summed E-state index contributed by atoms with van der Waals surface area (Å²) in [6.07, 6.45) is 0. The molecule has 3 nitrogen and oxygen atoms in total. The summed E-state index contributed by atoms with van der Waals surface area (Å²) < 4.78 is 4.70. The van der Waals surface area contributed by atoms with E-state index in [0.717, 1.165) is 33.5 Å². The van der Waals surface area contributed by atoms with Gasteiger partial charge in [0, 0.05) is 32.8 Å². The molecule has 0 aliphatic heterocycles. The van der Waals surface area contributed by atoms with E-state index in [4.69, 9.17) is 0 Å². The van der Waals surface area contributed by atoms with Crippen LogP contribution in [0.15, 0.2) is 164 Å². The van der Waals surface area contributed by atoms with Crippen molar-refractivity contribution in [3.05, 3.63) is 169 Å². The highest BCUT2D eigenvalue weighted by molar-refractivity contribution is 6.13. The summed E-state index contributed by atoms with van der Waals surface area (Å²) in [7, 11) is 0. The van der Waals surface area contributed by atoms with E-state index in [-0.39, 0.29) is 0 Å². The lowest BCUT2D eigenvalue weighted by Gasteiger charge is -2.15. The highest BCUT2D eigenvalue weighted by atomic mass is 15.0. The van der Waals surface area contributed by atoms with E-state index in [1.807, 2.05) is 30.3 Å². The van der Waals surface area contributed by atoms with Crippen molar-refractivity contribution in [1.29, 1.82) is 5.26 Å². The van der Waals surface area contributed by atoms with Gasteiger partial charge >= 0.3 is 0 Å². The molecule has 9 rings (SSSR count). The van der Waals surface area contributed by atoms with Gasteiger partial charge in [-0.25, -0.2) is 0 Å². The number of para-hydroxylation sites is 3. The molecular weight excluding hydrogens is 558 g/mol. The second kappa shape index (κ2) is 10.4. The third-order valence-corrected chi connectivity index (χ3v) is 9.14. The van der Waals surface area contributed by atoms with Gasteiger partial charge in [-0.15, -0.1) is 0 Å². The average molecular weight is 586 g/mol. The van der Waals surface area contributed by atoms with E-state index in [1.54, 1.807) is 0 Å². The number of nitriles is 1. The lowest BCUT2D eigenvalue weighted by molar-refractivity contribution is 1.18. The molecule has 0 saturated carbocycles. The Labute approximate surface area is 266 Å². The van der Waals surface area contributed by atoms with Gasteiger partial charge in [0.25, 0.3) is 0 Å². The molecule has 0 aliphatic carbocycles. The Bertz CT molecular complexity index is 2630. The van der Waals surface area contributed by atoms with E-state index < -0.39 is 0 Å². The molecule has 0 amide bonds. The minimum atomic E-state index is 0.648. The Kier molecular flexibility index (Phi) is 5.88. The molecule has 3 heteroatoms. The summed E-state index contributed by atoms with van der Waals surface area (Å²) in [5.41, 5.74) is 12.0. The van der Waals surface area contributed by atoms with Crippen LogP contribution in [0.3, 0.4) is 0 Å². The summed E-state index contributed by atoms with van der Waals surface area (Å²) in [5, 5.41) is 14.6. The predicted octanol–water partition coefficient (Wildman–Crippen LogP) is 11.1. The molecule has 0 aliphatic rings. The molecule has 0 fully saturated rings. The van der Waals surface area contributed by atoms with E-state index in [2.05, 4.69) is 149 Å². The summed E-state index contributed by atoms with van der Waals surface area (Å²) in [6, 6.07) is 60.2. The highest BCUT2D eigenvalue weighted by Crippen LogP contribution is 2.40. The number of benzene rings is 7. The highest BCUT2D eigenvalue weighted by Gasteiger charge is 2.18. The third-order valence-electron chi connectivity index (χ3n) is 9.14. The zero-order valence-electron chi connectivity index (χ0n) is 24.9. The molecule has 0 radical (unpaired) electrons. The minimum Gasteiger partial charge on any atom is -0.309 e. The van der Waals surface area contributed by atoms with E-state index in [1.165, 1.54) is 43.7 Å². The van der Waals surface area contributed by atoms with Gasteiger partial charge in [-0.1, -0.05) is 97.1 Å². The minimum absolute atomic E-state index is 0.648. The molecule has 2 aromatic heterocycles. The van der Waals surface area contributed by atoms with Gasteiger partial charge in [0.1, 0.15) is 0 Å². The first-order valence-corrected chi connectivity index (χ1v) is 15.5. The van der Waals surface area contributed by atoms with Crippen molar-refractivity contribution in [3.8, 4) is 39.7 Å². The van der Waals surface area contributed by atoms with Crippen LogP contribution in [0.5, 0.6) is 0 Å². The molecule has 7 aromatic carbocycles. The van der Waals surface area contributed by atoms with Crippen LogP contribution in [0.2, 0.25) is 0 Å². The molecule has 2 heterocycles. The van der Waals surface area contributed by atoms with Crippen LogP contribution >= 0.6 is 0 Å². The maximum absolute atomic E-state index is 9.74. The quantitative estimate of drug-likeness (QED) is 0.202. The van der Waals surface area contributed by atoms with Crippen molar-refractivity contribution in [2.24, 2.45) is 0 Å². The van der Waals surface area contributed by atoms with Crippen LogP contribution in [-0.2, 0) is 0 Å². The summed E-state index contributed by atoms with van der Waals surface area (Å²) >= 11 is 0. The number of hydrogen-bond acceptors (Lipinski definition) is 1. The Balaban J connectivity index is 1.26. The molecule has 0 N–H and O–H groups in total. The standard InChI is InChI=1S/C43H27N3/c44-28-29-19-22-41(36(25-29)30-11-3-1-4-12-30)46-40-18-10-8-16-35(40)38-27-32(21-24-43(38)46)31-20-23-42-37(26-31)34-15-7-9-17-39(34)45(42)33-13-5-2-6-14-33/h1-27H. The monoisotopic (exact) mass is 585 g/mol. The maximum Gasteiger partial charge on any atom is 0.0991 e. The topological polar surface area (TPSA) is 33.6 Å². The maximum atomic E-state index is 9.74. The fourth-order valence-electron chi connectivity index (χ4n) is 7.07. The van der Waals surface area contributed by atoms with Gasteiger partial charge in [0.2, 0.25) is 0 Å². The molecule has 0 atom stereocenters. The van der Waals surface area contributed by atoms with Crippen LogP contribution in [0, 0.1) is 11.3 Å². The van der Waals surface area contributed by atoms with E-state index >= 15 is 0 Å². The van der Waals surface area contributed by atoms with Gasteiger partial charge in [-0.3, -0.25) is 0 Å². The fraction of sp³-hybridized carbons (Fsp3) is 0. The van der Waals surface area contributed by atoms with Crippen LogP contribution in [0.1, 0.15) is 5.56 Å². The molecule has 46 heavy (non-hydrogen) atoms. The number of fused-ring (bicyclic) bond motifs is 6. The van der Waals surface area contributed by atoms with Crippen molar-refractivity contribution < 1.29 is 0 Å². The van der Waals surface area contributed by atoms with Crippen LogP contribution in [0.4, 0.5) is 0 Å². The lowest BCUT2D eigenvalue weighted by atomic mass is 10.00. The van der Waals surface area contributed by atoms with E-state index in [9.17, 15) is 5.26 Å². The second-order valence-electron chi connectivity index (χ2n) is 11.7. The molecule has 214 valence electrons. The number of aromatic nitrogens is 2.